The quantitative estimate of drug-likeness (QED) is 0.778. The number of likely N-dealkylation sites (N-methyl/N-ethyl adjacent to an activating group) is 1. The molecule has 3 rings (SSSR count). The molecule has 1 aliphatic heterocycles. The zero-order chi connectivity index (χ0) is 18.6. The summed E-state index contributed by atoms with van der Waals surface area (Å²) in [5.74, 6) is 0.470. The van der Waals surface area contributed by atoms with Crippen molar-refractivity contribution < 1.29 is 8.42 Å². The van der Waals surface area contributed by atoms with Crippen molar-refractivity contribution in [3.05, 3.63) is 47.0 Å². The van der Waals surface area contributed by atoms with Gasteiger partial charge in [-0.1, -0.05) is 30.7 Å². The molecule has 0 amide bonds. The highest BCUT2D eigenvalue weighted by molar-refractivity contribution is 7.90. The third-order valence-electron chi connectivity index (χ3n) is 4.65. The summed E-state index contributed by atoms with van der Waals surface area (Å²) in [6.45, 7) is 5.13. The molecule has 1 aromatic carbocycles. The van der Waals surface area contributed by atoms with E-state index < -0.39 is 9.84 Å². The molecule has 1 unspecified atom stereocenters. The van der Waals surface area contributed by atoms with Gasteiger partial charge in [0.15, 0.2) is 5.03 Å². The fraction of sp³-hybridized carbons (Fsp3) is 0.444. The summed E-state index contributed by atoms with van der Waals surface area (Å²) in [5.41, 5.74) is 0.666. The van der Waals surface area contributed by atoms with Crippen LogP contribution in [0.3, 0.4) is 0 Å². The van der Waals surface area contributed by atoms with Gasteiger partial charge in [0.2, 0.25) is 9.84 Å². The van der Waals surface area contributed by atoms with Gasteiger partial charge in [-0.3, -0.25) is 4.90 Å². The van der Waals surface area contributed by atoms with Crippen LogP contribution in [-0.2, 0) is 15.6 Å². The third-order valence-corrected chi connectivity index (χ3v) is 6.47. The van der Waals surface area contributed by atoms with Gasteiger partial charge in [-0.05, 0) is 55.8 Å². The first kappa shape index (κ1) is 19.1. The fourth-order valence-corrected chi connectivity index (χ4v) is 4.56. The Balaban J connectivity index is 1.62. The number of likely N-dealkylation sites (tertiary alicyclic amines) is 1. The zero-order valence-corrected chi connectivity index (χ0v) is 16.3. The van der Waals surface area contributed by atoms with Gasteiger partial charge < -0.3 is 5.32 Å². The monoisotopic (exact) mass is 394 g/mol. The Morgan fingerprint density at radius 3 is 2.62 bits per heavy atom. The summed E-state index contributed by atoms with van der Waals surface area (Å²) in [7, 11) is -3.54. The van der Waals surface area contributed by atoms with Crippen LogP contribution in [0.15, 0.2) is 41.4 Å². The van der Waals surface area contributed by atoms with Crippen molar-refractivity contribution in [3.8, 4) is 0 Å². The minimum atomic E-state index is -3.54. The average molecular weight is 395 g/mol. The Hall–Kier alpha value is -1.70. The number of halogens is 1. The molecule has 2 heterocycles. The number of sulfone groups is 1. The van der Waals surface area contributed by atoms with Gasteiger partial charge in [-0.2, -0.15) is 0 Å². The van der Waals surface area contributed by atoms with Gasteiger partial charge in [0.25, 0.3) is 0 Å². The third kappa shape index (κ3) is 4.72. The minimum absolute atomic E-state index is 0.0194. The summed E-state index contributed by atoms with van der Waals surface area (Å²) >= 11 is 5.83. The van der Waals surface area contributed by atoms with Crippen molar-refractivity contribution in [3.63, 3.8) is 0 Å². The summed E-state index contributed by atoms with van der Waals surface area (Å²) in [5, 5.41) is 11.8. The molecule has 6 nitrogen and oxygen atoms in total. The number of nitrogens with zero attached hydrogens (tertiary/aromatic N) is 3. The predicted molar refractivity (Wildman–Crippen MR) is 103 cm³/mol. The average Bonchev–Trinajstić information content (AvgIpc) is 3.10. The molecule has 1 atom stereocenters. The molecule has 0 spiro atoms. The second-order valence-corrected chi connectivity index (χ2v) is 8.82. The second kappa shape index (κ2) is 8.33. The zero-order valence-electron chi connectivity index (χ0n) is 14.7. The van der Waals surface area contributed by atoms with Crippen LogP contribution in [0.25, 0.3) is 0 Å². The SMILES string of the molecule is CCN1CCCC1CNc1ccc(S(=O)(=O)Cc2ccc(Cl)cc2)nn1. The normalized spacial score (nSPS) is 18.2. The Kier molecular flexibility index (Phi) is 6.11. The van der Waals surface area contributed by atoms with E-state index in [1.165, 1.54) is 18.9 Å². The van der Waals surface area contributed by atoms with E-state index >= 15 is 0 Å². The molecular formula is C18H23ClN4O2S. The lowest BCUT2D eigenvalue weighted by Gasteiger charge is -2.22. The highest BCUT2D eigenvalue weighted by atomic mass is 35.5. The number of benzene rings is 1. The van der Waals surface area contributed by atoms with Gasteiger partial charge in [0, 0.05) is 17.6 Å². The summed E-state index contributed by atoms with van der Waals surface area (Å²) in [6, 6.07) is 10.4. The largest absolute Gasteiger partial charge is 0.367 e. The van der Waals surface area contributed by atoms with E-state index in [0.29, 0.717) is 22.4 Å². The maximum absolute atomic E-state index is 12.5. The van der Waals surface area contributed by atoms with Gasteiger partial charge in [0.1, 0.15) is 5.82 Å². The standard InChI is InChI=1S/C18H23ClN4O2S/c1-2-23-11-3-4-16(23)12-20-17-9-10-18(22-21-17)26(24,25)13-14-5-7-15(19)8-6-14/h5-10,16H,2-4,11-13H2,1H3,(H,20,21). The van der Waals surface area contributed by atoms with E-state index in [9.17, 15) is 8.42 Å². The Morgan fingerprint density at radius 2 is 1.96 bits per heavy atom. The van der Waals surface area contributed by atoms with E-state index in [1.54, 1.807) is 30.3 Å². The topological polar surface area (TPSA) is 75.2 Å². The van der Waals surface area contributed by atoms with Crippen LogP contribution >= 0.6 is 11.6 Å². The smallest absolute Gasteiger partial charge is 0.201 e. The van der Waals surface area contributed by atoms with Crippen LogP contribution in [0.5, 0.6) is 0 Å². The molecule has 1 N–H and O–H groups in total. The molecular weight excluding hydrogens is 372 g/mol. The molecule has 1 aliphatic rings. The Labute approximate surface area is 159 Å². The molecule has 0 bridgehead atoms. The van der Waals surface area contributed by atoms with Crippen LogP contribution in [0.1, 0.15) is 25.3 Å². The lowest BCUT2D eigenvalue weighted by Crippen LogP contribution is -2.34. The molecule has 1 fully saturated rings. The van der Waals surface area contributed by atoms with Crippen LogP contribution in [0, 0.1) is 0 Å². The van der Waals surface area contributed by atoms with Crippen molar-refractivity contribution in [1.82, 2.24) is 15.1 Å². The number of hydrogen-bond donors (Lipinski definition) is 1. The first-order valence-electron chi connectivity index (χ1n) is 8.77. The fourth-order valence-electron chi connectivity index (χ4n) is 3.22. The number of rotatable bonds is 7. The number of anilines is 1. The van der Waals surface area contributed by atoms with Crippen molar-refractivity contribution in [2.24, 2.45) is 0 Å². The Morgan fingerprint density at radius 1 is 1.19 bits per heavy atom. The molecule has 0 saturated carbocycles. The van der Waals surface area contributed by atoms with Crippen molar-refractivity contribution in [2.75, 3.05) is 25.0 Å². The van der Waals surface area contributed by atoms with E-state index in [2.05, 4.69) is 27.3 Å². The molecule has 26 heavy (non-hydrogen) atoms. The van der Waals surface area contributed by atoms with Crippen LogP contribution < -0.4 is 5.32 Å². The summed E-state index contributed by atoms with van der Waals surface area (Å²) in [4.78, 5) is 2.44. The molecule has 1 aromatic heterocycles. The van der Waals surface area contributed by atoms with Crippen molar-refractivity contribution in [1.29, 1.82) is 0 Å². The highest BCUT2D eigenvalue weighted by Gasteiger charge is 2.23. The van der Waals surface area contributed by atoms with Crippen molar-refractivity contribution >= 4 is 27.3 Å². The van der Waals surface area contributed by atoms with E-state index in [-0.39, 0.29) is 10.8 Å². The first-order valence-corrected chi connectivity index (χ1v) is 10.8. The van der Waals surface area contributed by atoms with Gasteiger partial charge in [0.05, 0.1) is 5.75 Å². The maximum atomic E-state index is 12.5. The Bertz CT molecular complexity index is 825. The van der Waals surface area contributed by atoms with Crippen molar-refractivity contribution in [2.45, 2.75) is 36.6 Å². The summed E-state index contributed by atoms with van der Waals surface area (Å²) < 4.78 is 25.0. The van der Waals surface area contributed by atoms with E-state index in [0.717, 1.165) is 19.6 Å². The minimum Gasteiger partial charge on any atom is -0.367 e. The molecule has 2 aromatic rings. The lowest BCUT2D eigenvalue weighted by molar-refractivity contribution is 0.277. The van der Waals surface area contributed by atoms with Gasteiger partial charge in [-0.15, -0.1) is 10.2 Å². The molecule has 8 heteroatoms. The molecule has 0 aliphatic carbocycles. The number of aromatic nitrogens is 2. The van der Waals surface area contributed by atoms with Crippen LogP contribution in [0.4, 0.5) is 5.82 Å². The van der Waals surface area contributed by atoms with E-state index in [4.69, 9.17) is 11.6 Å². The van der Waals surface area contributed by atoms with Crippen LogP contribution in [-0.4, -0.2) is 49.2 Å². The molecule has 1 saturated heterocycles. The van der Waals surface area contributed by atoms with E-state index in [1.807, 2.05) is 0 Å². The first-order chi connectivity index (χ1) is 12.5. The number of hydrogen-bond acceptors (Lipinski definition) is 6. The summed E-state index contributed by atoms with van der Waals surface area (Å²) in [6.07, 6.45) is 2.38. The number of nitrogens with one attached hydrogen (secondary N) is 1. The maximum Gasteiger partial charge on any atom is 0.201 e. The van der Waals surface area contributed by atoms with Gasteiger partial charge in [-0.25, -0.2) is 8.42 Å². The molecule has 0 radical (unpaired) electrons. The predicted octanol–water partition coefficient (Wildman–Crippen LogP) is 3.00. The second-order valence-electron chi connectivity index (χ2n) is 6.45. The van der Waals surface area contributed by atoms with Crippen LogP contribution in [0.2, 0.25) is 5.02 Å². The van der Waals surface area contributed by atoms with Gasteiger partial charge >= 0.3 is 0 Å². The highest BCUT2D eigenvalue weighted by Crippen LogP contribution is 2.19. The molecule has 140 valence electrons. The lowest BCUT2D eigenvalue weighted by atomic mass is 10.2.